The van der Waals surface area contributed by atoms with E-state index in [9.17, 15) is 4.79 Å². The number of carbonyl (C=O) groups is 1. The maximum absolute atomic E-state index is 12.1. The first-order chi connectivity index (χ1) is 9.20. The van der Waals surface area contributed by atoms with Crippen LogP contribution in [0.15, 0.2) is 30.3 Å². The molecule has 4 heteroatoms. The van der Waals surface area contributed by atoms with Crippen molar-refractivity contribution in [3.63, 3.8) is 0 Å². The monoisotopic (exact) mass is 262 g/mol. The van der Waals surface area contributed by atoms with E-state index < -0.39 is 0 Å². The highest BCUT2D eigenvalue weighted by atomic mass is 16.5. The maximum atomic E-state index is 12.1. The Morgan fingerprint density at radius 2 is 2.11 bits per heavy atom. The van der Waals surface area contributed by atoms with Crippen LogP contribution in [0.2, 0.25) is 0 Å². The van der Waals surface area contributed by atoms with Crippen LogP contribution in [0.4, 0.5) is 0 Å². The number of hydrogen-bond acceptors (Lipinski definition) is 3. The molecule has 1 aliphatic heterocycles. The number of nitrogens with two attached hydrogens (primary N) is 1. The van der Waals surface area contributed by atoms with Crippen LogP contribution in [0.5, 0.6) is 0 Å². The molecule has 2 N–H and O–H groups in total. The lowest BCUT2D eigenvalue weighted by Crippen LogP contribution is -2.46. The summed E-state index contributed by atoms with van der Waals surface area (Å²) in [7, 11) is 0. The minimum atomic E-state index is -0.0215. The van der Waals surface area contributed by atoms with Gasteiger partial charge in [-0.15, -0.1) is 0 Å². The second kappa shape index (κ2) is 6.68. The van der Waals surface area contributed by atoms with Crippen molar-refractivity contribution in [1.29, 1.82) is 0 Å². The predicted molar refractivity (Wildman–Crippen MR) is 74.6 cm³/mol. The molecule has 0 spiro atoms. The van der Waals surface area contributed by atoms with E-state index in [1.54, 1.807) is 0 Å². The minimum absolute atomic E-state index is 0.0215. The Hall–Kier alpha value is -1.39. The molecule has 1 saturated heterocycles. The highest BCUT2D eigenvalue weighted by Gasteiger charge is 2.28. The SMILES string of the molecule is CC1CN(C(=O)CCCN)CC(c2ccccc2)O1. The van der Waals surface area contributed by atoms with Gasteiger partial charge in [0.1, 0.15) is 6.10 Å². The molecule has 0 bridgehead atoms. The summed E-state index contributed by atoms with van der Waals surface area (Å²) < 4.78 is 5.94. The van der Waals surface area contributed by atoms with Crippen molar-refractivity contribution in [3.05, 3.63) is 35.9 Å². The predicted octanol–water partition coefficient (Wildman–Crippen LogP) is 1.71. The van der Waals surface area contributed by atoms with E-state index in [-0.39, 0.29) is 18.1 Å². The van der Waals surface area contributed by atoms with Gasteiger partial charge in [0.2, 0.25) is 5.91 Å². The van der Waals surface area contributed by atoms with E-state index in [2.05, 4.69) is 0 Å². The van der Waals surface area contributed by atoms with Crippen molar-refractivity contribution in [2.24, 2.45) is 5.73 Å². The Morgan fingerprint density at radius 3 is 2.79 bits per heavy atom. The molecule has 19 heavy (non-hydrogen) atoms. The summed E-state index contributed by atoms with van der Waals surface area (Å²) in [5.74, 6) is 0.182. The number of hydrogen-bond donors (Lipinski definition) is 1. The molecule has 2 rings (SSSR count). The summed E-state index contributed by atoms with van der Waals surface area (Å²) in [6.07, 6.45) is 1.33. The normalized spacial score (nSPS) is 23.4. The van der Waals surface area contributed by atoms with Gasteiger partial charge in [0.05, 0.1) is 12.6 Å². The molecule has 104 valence electrons. The number of carbonyl (C=O) groups excluding carboxylic acids is 1. The van der Waals surface area contributed by atoms with Gasteiger partial charge in [-0.2, -0.15) is 0 Å². The van der Waals surface area contributed by atoms with E-state index in [0.29, 0.717) is 26.1 Å². The Morgan fingerprint density at radius 1 is 1.37 bits per heavy atom. The first-order valence-electron chi connectivity index (χ1n) is 6.89. The molecular formula is C15H22N2O2. The Bertz CT molecular complexity index is 408. The molecule has 2 atom stereocenters. The fourth-order valence-corrected chi connectivity index (χ4v) is 2.42. The van der Waals surface area contributed by atoms with Gasteiger partial charge in [0, 0.05) is 13.0 Å². The third-order valence-electron chi connectivity index (χ3n) is 3.38. The standard InChI is InChI=1S/C15H22N2O2/c1-12-10-17(15(18)8-5-9-16)11-14(19-12)13-6-3-2-4-7-13/h2-4,6-7,12,14H,5,8-11,16H2,1H3. The van der Waals surface area contributed by atoms with Gasteiger partial charge in [-0.25, -0.2) is 0 Å². The van der Waals surface area contributed by atoms with Gasteiger partial charge in [-0.05, 0) is 25.5 Å². The zero-order valence-corrected chi connectivity index (χ0v) is 11.4. The van der Waals surface area contributed by atoms with Crippen molar-refractivity contribution in [1.82, 2.24) is 4.90 Å². The van der Waals surface area contributed by atoms with Crippen LogP contribution in [0.3, 0.4) is 0 Å². The Kier molecular flexibility index (Phi) is 4.93. The summed E-state index contributed by atoms with van der Waals surface area (Å²) in [5, 5.41) is 0. The van der Waals surface area contributed by atoms with Crippen LogP contribution in [0, 0.1) is 0 Å². The molecule has 0 saturated carbocycles. The molecular weight excluding hydrogens is 240 g/mol. The number of rotatable bonds is 4. The van der Waals surface area contributed by atoms with Crippen LogP contribution < -0.4 is 5.73 Å². The Labute approximate surface area is 114 Å². The first-order valence-corrected chi connectivity index (χ1v) is 6.89. The van der Waals surface area contributed by atoms with Crippen molar-refractivity contribution in [3.8, 4) is 0 Å². The second-order valence-electron chi connectivity index (χ2n) is 5.04. The first kappa shape index (κ1) is 14.0. The quantitative estimate of drug-likeness (QED) is 0.898. The van der Waals surface area contributed by atoms with E-state index in [1.165, 1.54) is 0 Å². The highest BCUT2D eigenvalue weighted by Crippen LogP contribution is 2.25. The number of ether oxygens (including phenoxy) is 1. The number of nitrogens with zero attached hydrogens (tertiary/aromatic N) is 1. The summed E-state index contributed by atoms with van der Waals surface area (Å²) in [4.78, 5) is 14.0. The zero-order valence-electron chi connectivity index (χ0n) is 11.4. The van der Waals surface area contributed by atoms with Crippen LogP contribution in [0.25, 0.3) is 0 Å². The minimum Gasteiger partial charge on any atom is -0.367 e. The van der Waals surface area contributed by atoms with Crippen LogP contribution in [-0.4, -0.2) is 36.5 Å². The number of amides is 1. The fourth-order valence-electron chi connectivity index (χ4n) is 2.42. The molecule has 1 amide bonds. The fraction of sp³-hybridized carbons (Fsp3) is 0.533. The van der Waals surface area contributed by atoms with Gasteiger partial charge in [0.25, 0.3) is 0 Å². The van der Waals surface area contributed by atoms with E-state index in [1.807, 2.05) is 42.2 Å². The average Bonchev–Trinajstić information content (AvgIpc) is 2.45. The molecule has 1 aliphatic rings. The van der Waals surface area contributed by atoms with Crippen molar-refractivity contribution in [2.75, 3.05) is 19.6 Å². The molecule has 1 fully saturated rings. The van der Waals surface area contributed by atoms with Gasteiger partial charge in [-0.3, -0.25) is 4.79 Å². The Balaban J connectivity index is 2.02. The van der Waals surface area contributed by atoms with E-state index >= 15 is 0 Å². The summed E-state index contributed by atoms with van der Waals surface area (Å²) >= 11 is 0. The van der Waals surface area contributed by atoms with Gasteiger partial charge in [0.15, 0.2) is 0 Å². The van der Waals surface area contributed by atoms with Crippen molar-refractivity contribution >= 4 is 5.91 Å². The third kappa shape index (κ3) is 3.78. The largest absolute Gasteiger partial charge is 0.367 e. The average molecular weight is 262 g/mol. The van der Waals surface area contributed by atoms with Gasteiger partial charge in [-0.1, -0.05) is 30.3 Å². The molecule has 4 nitrogen and oxygen atoms in total. The number of morpholine rings is 1. The summed E-state index contributed by atoms with van der Waals surface area (Å²) in [6, 6.07) is 10.1. The summed E-state index contributed by atoms with van der Waals surface area (Å²) in [5.41, 5.74) is 6.59. The molecule has 0 aliphatic carbocycles. The van der Waals surface area contributed by atoms with Gasteiger partial charge >= 0.3 is 0 Å². The lowest BCUT2D eigenvalue weighted by molar-refractivity contribution is -0.145. The molecule has 2 unspecified atom stereocenters. The maximum Gasteiger partial charge on any atom is 0.222 e. The third-order valence-corrected chi connectivity index (χ3v) is 3.38. The van der Waals surface area contributed by atoms with Crippen LogP contribution in [0.1, 0.15) is 31.4 Å². The molecule has 1 heterocycles. The van der Waals surface area contributed by atoms with Crippen molar-refractivity contribution in [2.45, 2.75) is 32.0 Å². The van der Waals surface area contributed by atoms with Crippen LogP contribution in [-0.2, 0) is 9.53 Å². The lowest BCUT2D eigenvalue weighted by atomic mass is 10.1. The summed E-state index contributed by atoms with van der Waals surface area (Å²) in [6.45, 7) is 3.89. The number of benzene rings is 1. The second-order valence-corrected chi connectivity index (χ2v) is 5.04. The molecule has 0 aromatic heterocycles. The van der Waals surface area contributed by atoms with Crippen molar-refractivity contribution < 1.29 is 9.53 Å². The lowest BCUT2D eigenvalue weighted by Gasteiger charge is -2.37. The van der Waals surface area contributed by atoms with Crippen LogP contribution >= 0.6 is 0 Å². The van der Waals surface area contributed by atoms with E-state index in [4.69, 9.17) is 10.5 Å². The molecule has 0 radical (unpaired) electrons. The van der Waals surface area contributed by atoms with Gasteiger partial charge < -0.3 is 15.4 Å². The molecule has 1 aromatic rings. The topological polar surface area (TPSA) is 55.6 Å². The molecule has 1 aromatic carbocycles. The zero-order chi connectivity index (χ0) is 13.7. The highest BCUT2D eigenvalue weighted by molar-refractivity contribution is 5.76. The smallest absolute Gasteiger partial charge is 0.222 e. The van der Waals surface area contributed by atoms with E-state index in [0.717, 1.165) is 12.0 Å².